The molecule has 0 spiro atoms. The maximum atomic E-state index is 12.6. The van der Waals surface area contributed by atoms with Crippen LogP contribution in [0.4, 0.5) is 0 Å². The van der Waals surface area contributed by atoms with Crippen molar-refractivity contribution in [2.75, 3.05) is 6.54 Å². The van der Waals surface area contributed by atoms with Crippen LogP contribution in [0.2, 0.25) is 0 Å². The third-order valence-corrected chi connectivity index (χ3v) is 5.76. The average Bonchev–Trinajstić information content (AvgIpc) is 3.48. The first-order chi connectivity index (χ1) is 13.2. The van der Waals surface area contributed by atoms with Crippen molar-refractivity contribution in [3.63, 3.8) is 0 Å². The van der Waals surface area contributed by atoms with Gasteiger partial charge in [-0.1, -0.05) is 30.3 Å². The average molecular weight is 396 g/mol. The summed E-state index contributed by atoms with van der Waals surface area (Å²) in [6, 6.07) is 14.9. The van der Waals surface area contributed by atoms with E-state index < -0.39 is 5.60 Å². The number of nitrogens with zero attached hydrogens (tertiary/aromatic N) is 1. The van der Waals surface area contributed by atoms with Crippen molar-refractivity contribution in [3.8, 4) is 10.6 Å². The maximum absolute atomic E-state index is 12.6. The highest BCUT2D eigenvalue weighted by atomic mass is 32.1. The van der Waals surface area contributed by atoms with Crippen molar-refractivity contribution >= 4 is 28.6 Å². The van der Waals surface area contributed by atoms with Gasteiger partial charge in [0.15, 0.2) is 5.60 Å². The zero-order valence-electron chi connectivity index (χ0n) is 14.2. The van der Waals surface area contributed by atoms with E-state index in [2.05, 4.69) is 10.3 Å². The van der Waals surface area contributed by atoms with E-state index in [1.54, 1.807) is 17.5 Å². The molecule has 136 valence electrons. The number of hydrogen-bond acceptors (Lipinski definition) is 6. The van der Waals surface area contributed by atoms with Crippen LogP contribution < -0.4 is 5.32 Å². The van der Waals surface area contributed by atoms with Crippen LogP contribution in [0.25, 0.3) is 10.6 Å². The van der Waals surface area contributed by atoms with Gasteiger partial charge in [0, 0.05) is 16.5 Å². The Morgan fingerprint density at radius 1 is 1.15 bits per heavy atom. The summed E-state index contributed by atoms with van der Waals surface area (Å²) in [5.74, 6) is 0.0399. The molecule has 5 nitrogen and oxygen atoms in total. The lowest BCUT2D eigenvalue weighted by Crippen LogP contribution is -2.41. The molecular formula is C20H16N2O3S2. The molecule has 0 aliphatic rings. The van der Waals surface area contributed by atoms with Crippen molar-refractivity contribution in [3.05, 3.63) is 88.0 Å². The van der Waals surface area contributed by atoms with Gasteiger partial charge in [-0.15, -0.1) is 11.3 Å². The number of rotatable bonds is 6. The van der Waals surface area contributed by atoms with Crippen molar-refractivity contribution < 1.29 is 14.3 Å². The lowest BCUT2D eigenvalue weighted by Gasteiger charge is -2.25. The quantitative estimate of drug-likeness (QED) is 0.514. The number of thiophene rings is 1. The van der Waals surface area contributed by atoms with Crippen LogP contribution in [0.5, 0.6) is 0 Å². The fraction of sp³-hybridized carbons (Fsp3) is 0.100. The van der Waals surface area contributed by atoms with Gasteiger partial charge in [0.05, 0.1) is 12.8 Å². The second-order valence-electron chi connectivity index (χ2n) is 5.94. The van der Waals surface area contributed by atoms with Gasteiger partial charge in [-0.3, -0.25) is 4.79 Å². The van der Waals surface area contributed by atoms with Crippen molar-refractivity contribution in [1.29, 1.82) is 0 Å². The van der Waals surface area contributed by atoms with Gasteiger partial charge in [-0.05, 0) is 29.0 Å². The molecule has 1 amide bonds. The van der Waals surface area contributed by atoms with Crippen LogP contribution in [0.3, 0.4) is 0 Å². The number of thiazole rings is 1. The van der Waals surface area contributed by atoms with Crippen molar-refractivity contribution in [2.24, 2.45) is 0 Å². The van der Waals surface area contributed by atoms with E-state index in [1.807, 2.05) is 47.2 Å². The van der Waals surface area contributed by atoms with Crippen molar-refractivity contribution in [1.82, 2.24) is 10.3 Å². The summed E-state index contributed by atoms with van der Waals surface area (Å²) in [7, 11) is 0. The lowest BCUT2D eigenvalue weighted by atomic mass is 9.93. The molecule has 0 bridgehead atoms. The summed E-state index contributed by atoms with van der Waals surface area (Å²) in [5, 5.41) is 20.2. The first kappa shape index (κ1) is 17.7. The van der Waals surface area contributed by atoms with Crippen molar-refractivity contribution in [2.45, 2.75) is 5.60 Å². The van der Waals surface area contributed by atoms with Gasteiger partial charge in [0.1, 0.15) is 16.5 Å². The molecule has 1 aromatic carbocycles. The van der Waals surface area contributed by atoms with E-state index in [-0.39, 0.29) is 12.5 Å². The number of nitrogens with one attached hydrogen (secondary N) is 1. The summed E-state index contributed by atoms with van der Waals surface area (Å²) in [6.07, 6.45) is 1.50. The van der Waals surface area contributed by atoms with E-state index in [0.29, 0.717) is 17.0 Å². The van der Waals surface area contributed by atoms with Crippen LogP contribution >= 0.6 is 22.7 Å². The van der Waals surface area contributed by atoms with Gasteiger partial charge in [0.2, 0.25) is 0 Å². The number of carbonyl (C=O) groups is 1. The number of aromatic nitrogens is 1. The Morgan fingerprint density at radius 2 is 2.00 bits per heavy atom. The van der Waals surface area contributed by atoms with Gasteiger partial charge in [0.25, 0.3) is 5.91 Å². The third-order valence-electron chi connectivity index (χ3n) is 4.19. The minimum atomic E-state index is -1.43. The van der Waals surface area contributed by atoms with Crippen LogP contribution in [0.15, 0.2) is 75.4 Å². The topological polar surface area (TPSA) is 75.4 Å². The highest BCUT2D eigenvalue weighted by Gasteiger charge is 2.35. The van der Waals surface area contributed by atoms with Crippen LogP contribution in [-0.4, -0.2) is 22.5 Å². The Labute approximate surface area is 163 Å². The molecular weight excluding hydrogens is 380 g/mol. The molecule has 0 aliphatic carbocycles. The van der Waals surface area contributed by atoms with Crippen LogP contribution in [-0.2, 0) is 5.60 Å². The number of amides is 1. The minimum absolute atomic E-state index is 0.0196. The van der Waals surface area contributed by atoms with Crippen LogP contribution in [0.1, 0.15) is 21.8 Å². The first-order valence-corrected chi connectivity index (χ1v) is 10.1. The smallest absolute Gasteiger partial charge is 0.270 e. The highest BCUT2D eigenvalue weighted by Crippen LogP contribution is 2.31. The van der Waals surface area contributed by atoms with Gasteiger partial charge in [-0.25, -0.2) is 4.98 Å². The Hall–Kier alpha value is -2.74. The monoisotopic (exact) mass is 396 g/mol. The lowest BCUT2D eigenvalue weighted by molar-refractivity contribution is 0.0527. The standard InChI is InChI=1S/C20H16N2O3S2/c23-18(16-12-27-19(22-16)14-5-2-1-3-6-14)21-13-20(24,15-8-10-26-11-15)17-7-4-9-25-17/h1-12,24H,13H2,(H,21,23)/t20-/m0/s1. The number of benzene rings is 1. The fourth-order valence-corrected chi connectivity index (χ4v) is 4.27. The fourth-order valence-electron chi connectivity index (χ4n) is 2.74. The largest absolute Gasteiger partial charge is 0.466 e. The number of aliphatic hydroxyl groups is 1. The summed E-state index contributed by atoms with van der Waals surface area (Å²) in [4.78, 5) is 17.0. The molecule has 0 unspecified atom stereocenters. The zero-order valence-corrected chi connectivity index (χ0v) is 15.8. The number of furan rings is 1. The molecule has 7 heteroatoms. The molecule has 2 N–H and O–H groups in total. The Balaban J connectivity index is 1.52. The van der Waals surface area contributed by atoms with E-state index in [1.165, 1.54) is 28.9 Å². The predicted molar refractivity (Wildman–Crippen MR) is 106 cm³/mol. The summed E-state index contributed by atoms with van der Waals surface area (Å²) >= 11 is 2.88. The van der Waals surface area contributed by atoms with Gasteiger partial charge >= 0.3 is 0 Å². The summed E-state index contributed by atoms with van der Waals surface area (Å²) in [5.41, 5.74) is 0.529. The highest BCUT2D eigenvalue weighted by molar-refractivity contribution is 7.13. The van der Waals surface area contributed by atoms with E-state index >= 15 is 0 Å². The third kappa shape index (κ3) is 3.57. The normalized spacial score (nSPS) is 13.2. The van der Waals surface area contributed by atoms with Gasteiger partial charge < -0.3 is 14.8 Å². The Kier molecular flexibility index (Phi) is 4.89. The zero-order chi connectivity index (χ0) is 18.7. The molecule has 0 aliphatic heterocycles. The molecule has 4 rings (SSSR count). The first-order valence-electron chi connectivity index (χ1n) is 8.25. The number of carbonyl (C=O) groups excluding carboxylic acids is 1. The molecule has 0 saturated carbocycles. The predicted octanol–water partition coefficient (Wildman–Crippen LogP) is 4.13. The van der Waals surface area contributed by atoms with E-state index in [4.69, 9.17) is 4.42 Å². The second-order valence-corrected chi connectivity index (χ2v) is 7.57. The van der Waals surface area contributed by atoms with E-state index in [0.717, 1.165) is 10.6 Å². The minimum Gasteiger partial charge on any atom is -0.466 e. The number of hydrogen-bond donors (Lipinski definition) is 2. The molecule has 4 aromatic rings. The Morgan fingerprint density at radius 3 is 2.70 bits per heavy atom. The molecule has 0 saturated heterocycles. The second kappa shape index (κ2) is 7.48. The molecule has 3 heterocycles. The molecule has 1 atom stereocenters. The molecule has 0 radical (unpaired) electrons. The maximum Gasteiger partial charge on any atom is 0.270 e. The van der Waals surface area contributed by atoms with Gasteiger partial charge in [-0.2, -0.15) is 11.3 Å². The molecule has 3 aromatic heterocycles. The molecule has 27 heavy (non-hydrogen) atoms. The van der Waals surface area contributed by atoms with Crippen LogP contribution in [0, 0.1) is 0 Å². The van der Waals surface area contributed by atoms with E-state index in [9.17, 15) is 9.90 Å². The summed E-state index contributed by atoms with van der Waals surface area (Å²) < 4.78 is 5.41. The SMILES string of the molecule is O=C(NC[C@](O)(c1ccsc1)c1ccco1)c1csc(-c2ccccc2)n1. The summed E-state index contributed by atoms with van der Waals surface area (Å²) in [6.45, 7) is -0.0196. The molecule has 0 fully saturated rings. The Bertz CT molecular complexity index is 975.